The van der Waals surface area contributed by atoms with E-state index in [2.05, 4.69) is 6.92 Å². The summed E-state index contributed by atoms with van der Waals surface area (Å²) in [4.78, 5) is 28.4. The molecule has 2 heterocycles. The van der Waals surface area contributed by atoms with Gasteiger partial charge in [-0.2, -0.15) is 0 Å². The average molecular weight is 452 g/mol. The smallest absolute Gasteiger partial charge is 0.290 e. The maximum atomic E-state index is 13.5. The van der Waals surface area contributed by atoms with Crippen LogP contribution < -0.4 is 14.9 Å². The predicted octanol–water partition coefficient (Wildman–Crippen LogP) is 4.56. The van der Waals surface area contributed by atoms with Crippen molar-refractivity contribution in [3.63, 3.8) is 0 Å². The summed E-state index contributed by atoms with van der Waals surface area (Å²) in [5.41, 5.74) is 1.28. The van der Waals surface area contributed by atoms with Gasteiger partial charge in [0, 0.05) is 13.7 Å². The van der Waals surface area contributed by atoms with E-state index in [4.69, 9.17) is 18.6 Å². The lowest BCUT2D eigenvalue weighted by molar-refractivity contribution is 0.0663. The molecule has 33 heavy (non-hydrogen) atoms. The summed E-state index contributed by atoms with van der Waals surface area (Å²) < 4.78 is 22.6. The van der Waals surface area contributed by atoms with E-state index in [-0.39, 0.29) is 17.1 Å². The zero-order chi connectivity index (χ0) is 23.4. The van der Waals surface area contributed by atoms with Crippen LogP contribution in [0.3, 0.4) is 0 Å². The van der Waals surface area contributed by atoms with Gasteiger partial charge in [-0.25, -0.2) is 0 Å². The number of hydrogen-bond acceptors (Lipinski definition) is 6. The molecule has 4 rings (SSSR count). The van der Waals surface area contributed by atoms with E-state index in [1.54, 1.807) is 43.4 Å². The summed E-state index contributed by atoms with van der Waals surface area (Å²) in [7, 11) is 3.16. The van der Waals surface area contributed by atoms with Gasteiger partial charge in [0.2, 0.25) is 5.76 Å². The molecule has 2 aromatic carbocycles. The van der Waals surface area contributed by atoms with Crippen molar-refractivity contribution in [2.45, 2.75) is 32.2 Å². The molecule has 0 fully saturated rings. The molecule has 7 nitrogen and oxygen atoms in total. The largest absolute Gasteiger partial charge is 0.493 e. The van der Waals surface area contributed by atoms with Gasteiger partial charge < -0.3 is 23.5 Å². The Bertz CT molecular complexity index is 1200. The van der Waals surface area contributed by atoms with Gasteiger partial charge in [0.05, 0.1) is 37.3 Å². The van der Waals surface area contributed by atoms with Gasteiger partial charge >= 0.3 is 0 Å². The fourth-order valence-electron chi connectivity index (χ4n) is 4.24. The van der Waals surface area contributed by atoms with Gasteiger partial charge in [0.1, 0.15) is 5.58 Å². The molecule has 1 aliphatic heterocycles. The van der Waals surface area contributed by atoms with Crippen LogP contribution in [0.5, 0.6) is 11.5 Å². The Balaban J connectivity index is 1.79. The third-order valence-corrected chi connectivity index (χ3v) is 5.92. The maximum absolute atomic E-state index is 13.5. The lowest BCUT2D eigenvalue weighted by Crippen LogP contribution is -2.32. The predicted molar refractivity (Wildman–Crippen MR) is 125 cm³/mol. The summed E-state index contributed by atoms with van der Waals surface area (Å²) in [5.74, 6) is 0.949. The molecule has 0 spiro atoms. The standard InChI is InChI=1S/C26H29NO6/c1-4-5-8-14-32-20-12-11-17(16-21(20)31-3)23-22-24(28)18-9-6-7-10-19(18)33-25(22)26(29)27(23)13-15-30-2/h6-7,9-12,16,23H,4-5,8,13-15H2,1-3H3. The van der Waals surface area contributed by atoms with Crippen molar-refractivity contribution < 1.29 is 23.4 Å². The first-order valence-corrected chi connectivity index (χ1v) is 11.3. The molecule has 3 aromatic rings. The number of amides is 1. The Morgan fingerprint density at radius 1 is 1.00 bits per heavy atom. The molecule has 1 aliphatic rings. The molecule has 0 bridgehead atoms. The first-order valence-electron chi connectivity index (χ1n) is 11.3. The Morgan fingerprint density at radius 2 is 1.82 bits per heavy atom. The molecule has 0 radical (unpaired) electrons. The van der Waals surface area contributed by atoms with Crippen molar-refractivity contribution >= 4 is 16.9 Å². The molecule has 1 atom stereocenters. The van der Waals surface area contributed by atoms with Crippen LogP contribution in [0, 0.1) is 0 Å². The van der Waals surface area contributed by atoms with E-state index in [9.17, 15) is 9.59 Å². The third-order valence-electron chi connectivity index (χ3n) is 5.92. The minimum atomic E-state index is -0.605. The SMILES string of the molecule is CCCCCOc1ccc(C2c3c(oc4ccccc4c3=O)C(=O)N2CCOC)cc1OC. The Hall–Kier alpha value is -3.32. The highest BCUT2D eigenvalue weighted by molar-refractivity contribution is 5.99. The number of nitrogens with zero attached hydrogens (tertiary/aromatic N) is 1. The van der Waals surface area contributed by atoms with Crippen LogP contribution in [-0.2, 0) is 4.74 Å². The van der Waals surface area contributed by atoms with Crippen LogP contribution in [0.15, 0.2) is 51.7 Å². The van der Waals surface area contributed by atoms with E-state index in [1.807, 2.05) is 18.2 Å². The van der Waals surface area contributed by atoms with Crippen LogP contribution in [0.2, 0.25) is 0 Å². The van der Waals surface area contributed by atoms with Gasteiger partial charge in [0.15, 0.2) is 16.9 Å². The summed E-state index contributed by atoms with van der Waals surface area (Å²) in [5, 5.41) is 0.450. The molecule has 1 unspecified atom stereocenters. The number of rotatable bonds is 10. The van der Waals surface area contributed by atoms with E-state index in [0.29, 0.717) is 47.8 Å². The van der Waals surface area contributed by atoms with Crippen molar-refractivity contribution in [1.82, 2.24) is 4.90 Å². The van der Waals surface area contributed by atoms with Gasteiger partial charge in [-0.1, -0.05) is 38.0 Å². The van der Waals surface area contributed by atoms with Crippen molar-refractivity contribution in [1.29, 1.82) is 0 Å². The first-order chi connectivity index (χ1) is 16.1. The number of carbonyl (C=O) groups is 1. The molecule has 0 N–H and O–H groups in total. The second-order valence-corrected chi connectivity index (χ2v) is 8.03. The number of carbonyl (C=O) groups excluding carboxylic acids is 1. The summed E-state index contributed by atoms with van der Waals surface area (Å²) >= 11 is 0. The Kier molecular flexibility index (Phi) is 6.99. The third kappa shape index (κ3) is 4.33. The lowest BCUT2D eigenvalue weighted by atomic mass is 9.98. The topological polar surface area (TPSA) is 78.2 Å². The van der Waals surface area contributed by atoms with Gasteiger partial charge in [-0.05, 0) is 36.2 Å². The van der Waals surface area contributed by atoms with Crippen molar-refractivity contribution in [2.24, 2.45) is 0 Å². The highest BCUT2D eigenvalue weighted by Crippen LogP contribution is 2.40. The van der Waals surface area contributed by atoms with Crippen molar-refractivity contribution in [3.8, 4) is 11.5 Å². The lowest BCUT2D eigenvalue weighted by Gasteiger charge is -2.25. The summed E-state index contributed by atoms with van der Waals surface area (Å²) in [6.45, 7) is 3.40. The zero-order valence-corrected chi connectivity index (χ0v) is 19.3. The molecule has 1 amide bonds. The normalized spacial score (nSPS) is 15.2. The molecular formula is C26H29NO6. The molecule has 0 saturated carbocycles. The van der Waals surface area contributed by atoms with Crippen LogP contribution in [0.4, 0.5) is 0 Å². The number of ether oxygens (including phenoxy) is 3. The minimum absolute atomic E-state index is 0.0821. The second kappa shape index (κ2) is 10.1. The Labute approximate surface area is 192 Å². The number of benzene rings is 2. The van der Waals surface area contributed by atoms with E-state index >= 15 is 0 Å². The van der Waals surface area contributed by atoms with Crippen LogP contribution >= 0.6 is 0 Å². The van der Waals surface area contributed by atoms with Gasteiger partial charge in [-0.15, -0.1) is 0 Å². The van der Waals surface area contributed by atoms with E-state index in [0.717, 1.165) is 24.8 Å². The first kappa shape index (κ1) is 22.9. The van der Waals surface area contributed by atoms with Gasteiger partial charge in [-0.3, -0.25) is 9.59 Å². The fraction of sp³-hybridized carbons (Fsp3) is 0.385. The number of hydrogen-bond donors (Lipinski definition) is 0. The highest BCUT2D eigenvalue weighted by atomic mass is 16.5. The second-order valence-electron chi connectivity index (χ2n) is 8.03. The fourth-order valence-corrected chi connectivity index (χ4v) is 4.24. The number of methoxy groups -OCH3 is 2. The maximum Gasteiger partial charge on any atom is 0.290 e. The molecule has 1 aromatic heterocycles. The average Bonchev–Trinajstić information content (AvgIpc) is 3.12. The molecule has 7 heteroatoms. The Morgan fingerprint density at radius 3 is 2.58 bits per heavy atom. The van der Waals surface area contributed by atoms with Crippen LogP contribution in [-0.4, -0.2) is 44.8 Å². The summed E-state index contributed by atoms with van der Waals surface area (Å²) in [6, 6.07) is 11.9. The minimum Gasteiger partial charge on any atom is -0.493 e. The molecular weight excluding hydrogens is 422 g/mol. The van der Waals surface area contributed by atoms with Crippen LogP contribution in [0.25, 0.3) is 11.0 Å². The van der Waals surface area contributed by atoms with Gasteiger partial charge in [0.25, 0.3) is 5.91 Å². The number of unbranched alkanes of at least 4 members (excludes halogenated alkanes) is 2. The summed E-state index contributed by atoms with van der Waals surface area (Å²) in [6.07, 6.45) is 3.17. The van der Waals surface area contributed by atoms with Crippen LogP contribution in [0.1, 0.15) is 53.9 Å². The van der Waals surface area contributed by atoms with Crippen molar-refractivity contribution in [2.75, 3.05) is 34.0 Å². The number of fused-ring (bicyclic) bond motifs is 2. The van der Waals surface area contributed by atoms with E-state index in [1.165, 1.54) is 0 Å². The zero-order valence-electron chi connectivity index (χ0n) is 19.3. The number of para-hydroxylation sites is 1. The quantitative estimate of drug-likeness (QED) is 0.421. The van der Waals surface area contributed by atoms with E-state index < -0.39 is 6.04 Å². The molecule has 0 aliphatic carbocycles. The molecule has 174 valence electrons. The highest BCUT2D eigenvalue weighted by Gasteiger charge is 2.42. The van der Waals surface area contributed by atoms with Crippen molar-refractivity contribution in [3.05, 3.63) is 69.6 Å². The monoisotopic (exact) mass is 451 g/mol. The molecule has 0 saturated heterocycles.